The second-order valence-electron chi connectivity index (χ2n) is 8.70. The highest BCUT2D eigenvalue weighted by Crippen LogP contribution is 2.37. The fourth-order valence-electron chi connectivity index (χ4n) is 4.06. The Balaban J connectivity index is 1.82. The molecule has 0 saturated heterocycles. The highest BCUT2D eigenvalue weighted by molar-refractivity contribution is 7.91. The van der Waals surface area contributed by atoms with Crippen LogP contribution in [0.3, 0.4) is 0 Å². The molecule has 0 N–H and O–H groups in total. The Morgan fingerprint density at radius 3 is 2.21 bits per heavy atom. The Labute approximate surface area is 221 Å². The highest BCUT2D eigenvalue weighted by Gasteiger charge is 2.36. The summed E-state index contributed by atoms with van der Waals surface area (Å²) in [6.07, 6.45) is 2.40. The van der Waals surface area contributed by atoms with Gasteiger partial charge in [-0.25, -0.2) is 18.4 Å². The third kappa shape index (κ3) is 5.41. The fraction of sp³-hybridized carbons (Fsp3) is 0.385. The molecule has 0 aliphatic carbocycles. The van der Waals surface area contributed by atoms with Crippen molar-refractivity contribution in [2.45, 2.75) is 44.8 Å². The number of ether oxygens (including phenoxy) is 3. The van der Waals surface area contributed by atoms with Crippen molar-refractivity contribution in [2.24, 2.45) is 0 Å². The van der Waals surface area contributed by atoms with Crippen LogP contribution in [-0.2, 0) is 20.3 Å². The second-order valence-corrected chi connectivity index (χ2v) is 11.1. The van der Waals surface area contributed by atoms with Gasteiger partial charge in [0.25, 0.3) is 0 Å². The lowest BCUT2D eigenvalue weighted by Crippen LogP contribution is -2.30. The van der Waals surface area contributed by atoms with E-state index in [0.717, 1.165) is 5.56 Å². The van der Waals surface area contributed by atoms with Gasteiger partial charge in [0, 0.05) is 19.0 Å². The van der Waals surface area contributed by atoms with Crippen LogP contribution in [0.1, 0.15) is 42.9 Å². The van der Waals surface area contributed by atoms with Gasteiger partial charge in [0.2, 0.25) is 5.82 Å². The minimum absolute atomic E-state index is 0.156. The number of furan rings is 1. The SMILES string of the molecule is CCO[C@H](c1ncc(C)cn1)[C@@H](C)S(=O)(=O)Cc1nnc(-c2ccc(C)o2)n1-c1c(OC)cccc1OC. The first kappa shape index (κ1) is 27.3. The fourth-order valence-corrected chi connectivity index (χ4v) is 5.45. The van der Waals surface area contributed by atoms with E-state index in [1.807, 2.05) is 13.8 Å². The van der Waals surface area contributed by atoms with Crippen molar-refractivity contribution in [3.8, 4) is 28.8 Å². The minimum atomic E-state index is -3.87. The lowest BCUT2D eigenvalue weighted by Gasteiger charge is -2.23. The predicted molar refractivity (Wildman–Crippen MR) is 140 cm³/mol. The van der Waals surface area contributed by atoms with Gasteiger partial charge < -0.3 is 18.6 Å². The molecule has 0 bridgehead atoms. The van der Waals surface area contributed by atoms with Gasteiger partial charge in [-0.1, -0.05) is 6.07 Å². The number of methoxy groups -OCH3 is 2. The van der Waals surface area contributed by atoms with E-state index in [1.165, 1.54) is 14.2 Å². The van der Waals surface area contributed by atoms with E-state index in [9.17, 15) is 8.42 Å². The lowest BCUT2D eigenvalue weighted by atomic mass is 10.2. The first-order chi connectivity index (χ1) is 18.2. The predicted octanol–water partition coefficient (Wildman–Crippen LogP) is 4.03. The minimum Gasteiger partial charge on any atom is -0.494 e. The van der Waals surface area contributed by atoms with Crippen molar-refractivity contribution in [3.05, 3.63) is 65.7 Å². The third-order valence-corrected chi connectivity index (χ3v) is 8.08. The molecule has 4 aromatic rings. The number of para-hydroxylation sites is 1. The Kier molecular flexibility index (Phi) is 8.12. The van der Waals surface area contributed by atoms with Crippen molar-refractivity contribution in [2.75, 3.05) is 20.8 Å². The number of hydrogen-bond acceptors (Lipinski definition) is 10. The summed E-state index contributed by atoms with van der Waals surface area (Å²) in [6, 6.07) is 8.81. The quantitative estimate of drug-likeness (QED) is 0.274. The van der Waals surface area contributed by atoms with Gasteiger partial charge in [0.1, 0.15) is 34.8 Å². The molecule has 12 heteroatoms. The number of sulfone groups is 1. The van der Waals surface area contributed by atoms with E-state index < -0.39 is 26.9 Å². The van der Waals surface area contributed by atoms with Crippen LogP contribution in [0.5, 0.6) is 11.5 Å². The number of rotatable bonds is 11. The molecule has 0 unspecified atom stereocenters. The summed E-state index contributed by atoms with van der Waals surface area (Å²) in [5.74, 6) is 2.29. The maximum Gasteiger partial charge on any atom is 0.204 e. The van der Waals surface area contributed by atoms with Crippen LogP contribution in [-0.4, -0.2) is 59.2 Å². The van der Waals surface area contributed by atoms with Gasteiger partial charge in [-0.2, -0.15) is 0 Å². The van der Waals surface area contributed by atoms with Gasteiger partial charge in [-0.3, -0.25) is 4.57 Å². The summed E-state index contributed by atoms with van der Waals surface area (Å²) >= 11 is 0. The largest absolute Gasteiger partial charge is 0.494 e. The third-order valence-electron chi connectivity index (χ3n) is 6.04. The highest BCUT2D eigenvalue weighted by atomic mass is 32.2. The monoisotopic (exact) mass is 541 g/mol. The van der Waals surface area contributed by atoms with Crippen LogP contribution < -0.4 is 9.47 Å². The zero-order chi connectivity index (χ0) is 27.4. The molecule has 2 atom stereocenters. The summed E-state index contributed by atoms with van der Waals surface area (Å²) < 4.78 is 52.0. The summed E-state index contributed by atoms with van der Waals surface area (Å²) in [6.45, 7) is 7.33. The molecule has 0 aliphatic rings. The van der Waals surface area contributed by atoms with Gasteiger partial charge in [0.05, 0.1) is 19.5 Å². The molecular weight excluding hydrogens is 510 g/mol. The van der Waals surface area contributed by atoms with Gasteiger partial charge in [0.15, 0.2) is 27.2 Å². The molecule has 3 heterocycles. The molecule has 0 spiro atoms. The molecule has 11 nitrogen and oxygen atoms in total. The lowest BCUT2D eigenvalue weighted by molar-refractivity contribution is 0.0556. The van der Waals surface area contributed by atoms with E-state index in [2.05, 4.69) is 20.2 Å². The normalized spacial score (nSPS) is 13.3. The van der Waals surface area contributed by atoms with Crippen molar-refractivity contribution in [1.29, 1.82) is 0 Å². The van der Waals surface area contributed by atoms with Crippen molar-refractivity contribution in [1.82, 2.24) is 24.7 Å². The molecule has 202 valence electrons. The number of nitrogens with zero attached hydrogens (tertiary/aromatic N) is 5. The standard InChI is InChI=1S/C26H31N5O6S/c1-7-36-24(25-27-13-16(2)14-28-25)18(4)38(32,33)15-22-29-30-26(21-12-11-17(3)37-21)31(22)23-19(34-5)9-8-10-20(23)35-6/h8-14,18,24H,7,15H2,1-6H3/t18-,24+/m1/s1. The molecular formula is C26H31N5O6S. The molecule has 0 radical (unpaired) electrons. The zero-order valence-electron chi connectivity index (χ0n) is 22.2. The molecule has 38 heavy (non-hydrogen) atoms. The Bertz CT molecular complexity index is 1470. The van der Waals surface area contributed by atoms with Crippen LogP contribution in [0.4, 0.5) is 0 Å². The van der Waals surface area contributed by atoms with Crippen LogP contribution >= 0.6 is 0 Å². The van der Waals surface area contributed by atoms with Gasteiger partial charge in [-0.15, -0.1) is 10.2 Å². The Hall–Kier alpha value is -3.77. The van der Waals surface area contributed by atoms with Crippen molar-refractivity contribution < 1.29 is 27.0 Å². The Morgan fingerprint density at radius 1 is 1.00 bits per heavy atom. The first-order valence-electron chi connectivity index (χ1n) is 12.0. The maximum absolute atomic E-state index is 13.8. The molecule has 0 amide bonds. The molecule has 1 aromatic carbocycles. The second kappa shape index (κ2) is 11.3. The van der Waals surface area contributed by atoms with Gasteiger partial charge in [-0.05, 0) is 57.5 Å². The maximum atomic E-state index is 13.8. The van der Waals surface area contributed by atoms with E-state index in [1.54, 1.807) is 61.1 Å². The van der Waals surface area contributed by atoms with E-state index in [0.29, 0.717) is 47.0 Å². The van der Waals surface area contributed by atoms with Gasteiger partial charge >= 0.3 is 0 Å². The molecule has 0 saturated carbocycles. The van der Waals surface area contributed by atoms with Crippen LogP contribution in [0.15, 0.2) is 47.1 Å². The molecule has 3 aromatic heterocycles. The average Bonchev–Trinajstić information content (AvgIpc) is 3.52. The summed E-state index contributed by atoms with van der Waals surface area (Å²) in [7, 11) is -0.827. The van der Waals surface area contributed by atoms with E-state index in [-0.39, 0.29) is 5.82 Å². The van der Waals surface area contributed by atoms with E-state index in [4.69, 9.17) is 18.6 Å². The smallest absolute Gasteiger partial charge is 0.204 e. The van der Waals surface area contributed by atoms with Crippen molar-refractivity contribution in [3.63, 3.8) is 0 Å². The number of hydrogen-bond donors (Lipinski definition) is 0. The van der Waals surface area contributed by atoms with Crippen molar-refractivity contribution >= 4 is 9.84 Å². The molecule has 4 rings (SSSR count). The van der Waals surface area contributed by atoms with Crippen LogP contribution in [0.2, 0.25) is 0 Å². The van der Waals surface area contributed by atoms with Crippen LogP contribution in [0.25, 0.3) is 17.3 Å². The van der Waals surface area contributed by atoms with E-state index >= 15 is 0 Å². The number of aromatic nitrogens is 5. The number of aryl methyl sites for hydroxylation is 2. The average molecular weight is 542 g/mol. The topological polar surface area (TPSA) is 131 Å². The van der Waals surface area contributed by atoms with Crippen LogP contribution in [0, 0.1) is 13.8 Å². The molecule has 0 aliphatic heterocycles. The number of benzene rings is 1. The zero-order valence-corrected chi connectivity index (χ0v) is 23.0. The summed E-state index contributed by atoms with van der Waals surface area (Å²) in [5.41, 5.74) is 1.31. The summed E-state index contributed by atoms with van der Waals surface area (Å²) in [4.78, 5) is 8.63. The Morgan fingerprint density at radius 2 is 1.66 bits per heavy atom. The first-order valence-corrected chi connectivity index (χ1v) is 13.8. The molecule has 0 fully saturated rings. The summed E-state index contributed by atoms with van der Waals surface area (Å²) in [5, 5.41) is 7.60.